The van der Waals surface area contributed by atoms with Crippen LogP contribution in [0.2, 0.25) is 0 Å². The van der Waals surface area contributed by atoms with E-state index >= 15 is 0 Å². The maximum absolute atomic E-state index is 12.8. The molecule has 26 heavy (non-hydrogen) atoms. The van der Waals surface area contributed by atoms with Crippen molar-refractivity contribution >= 4 is 34.0 Å². The average molecular weight is 402 g/mol. The Labute approximate surface area is 162 Å². The van der Waals surface area contributed by atoms with Crippen LogP contribution in [0.1, 0.15) is 35.2 Å². The summed E-state index contributed by atoms with van der Waals surface area (Å²) in [6, 6.07) is 5.44. The first-order valence-electron chi connectivity index (χ1n) is 8.94. The molecule has 146 valence electrons. The lowest BCUT2D eigenvalue weighted by Gasteiger charge is -2.33. The van der Waals surface area contributed by atoms with Gasteiger partial charge in [-0.05, 0) is 69.0 Å². The van der Waals surface area contributed by atoms with Crippen molar-refractivity contribution in [1.82, 2.24) is 10.2 Å². The van der Waals surface area contributed by atoms with Crippen LogP contribution >= 0.6 is 12.4 Å². The van der Waals surface area contributed by atoms with Crippen LogP contribution in [0.4, 0.5) is 5.69 Å². The number of benzene rings is 1. The second-order valence-corrected chi connectivity index (χ2v) is 8.98. The van der Waals surface area contributed by atoms with Crippen LogP contribution in [0.5, 0.6) is 0 Å². The topological polar surface area (TPSA) is 69.7 Å². The van der Waals surface area contributed by atoms with Gasteiger partial charge in [-0.3, -0.25) is 9.10 Å². The zero-order valence-corrected chi connectivity index (χ0v) is 17.0. The molecule has 0 bridgehead atoms. The molecule has 1 aromatic rings. The highest BCUT2D eigenvalue weighted by Gasteiger charge is 2.27. The van der Waals surface area contributed by atoms with Crippen LogP contribution in [0.25, 0.3) is 0 Å². The van der Waals surface area contributed by atoms with Gasteiger partial charge in [0.05, 0.1) is 11.9 Å². The van der Waals surface area contributed by atoms with Gasteiger partial charge < -0.3 is 10.2 Å². The molecule has 1 aromatic carbocycles. The molecule has 0 unspecified atom stereocenters. The highest BCUT2D eigenvalue weighted by atomic mass is 35.5. The number of amides is 1. The SMILES string of the molecule is CNCC1CCN(C(=O)c2ccc3c(c2)CCCN3S(C)(=O)=O)CC1.Cl. The van der Waals surface area contributed by atoms with E-state index in [0.717, 1.165) is 56.6 Å². The fourth-order valence-corrected chi connectivity index (χ4v) is 4.85. The number of carbonyl (C=O) groups excluding carboxylic acids is 1. The molecule has 0 radical (unpaired) electrons. The number of hydrogen-bond donors (Lipinski definition) is 1. The van der Waals surface area contributed by atoms with Gasteiger partial charge in [-0.1, -0.05) is 0 Å². The molecule has 1 N–H and O–H groups in total. The summed E-state index contributed by atoms with van der Waals surface area (Å²) in [6.45, 7) is 3.09. The van der Waals surface area contributed by atoms with E-state index < -0.39 is 10.0 Å². The van der Waals surface area contributed by atoms with Crippen molar-refractivity contribution in [3.63, 3.8) is 0 Å². The van der Waals surface area contributed by atoms with E-state index in [1.165, 1.54) is 10.6 Å². The lowest BCUT2D eigenvalue weighted by atomic mass is 9.95. The van der Waals surface area contributed by atoms with Crippen molar-refractivity contribution in [2.75, 3.05) is 43.8 Å². The fourth-order valence-electron chi connectivity index (χ4n) is 3.85. The smallest absolute Gasteiger partial charge is 0.253 e. The van der Waals surface area contributed by atoms with E-state index in [1.807, 2.05) is 18.0 Å². The maximum atomic E-state index is 12.8. The summed E-state index contributed by atoms with van der Waals surface area (Å²) in [6.07, 6.45) is 4.88. The summed E-state index contributed by atoms with van der Waals surface area (Å²) in [5, 5.41) is 3.21. The molecule has 1 amide bonds. The summed E-state index contributed by atoms with van der Waals surface area (Å²) < 4.78 is 25.3. The number of aryl methyl sites for hydroxylation is 1. The number of anilines is 1. The van der Waals surface area contributed by atoms with Crippen molar-refractivity contribution in [2.24, 2.45) is 5.92 Å². The second-order valence-electron chi connectivity index (χ2n) is 7.08. The number of nitrogens with one attached hydrogen (secondary N) is 1. The van der Waals surface area contributed by atoms with Gasteiger partial charge in [-0.15, -0.1) is 12.4 Å². The van der Waals surface area contributed by atoms with Crippen LogP contribution in [-0.2, 0) is 16.4 Å². The Hall–Kier alpha value is -1.31. The fraction of sp³-hybridized carbons (Fsp3) is 0.611. The Morgan fingerprint density at radius 2 is 1.92 bits per heavy atom. The van der Waals surface area contributed by atoms with E-state index in [0.29, 0.717) is 18.0 Å². The zero-order chi connectivity index (χ0) is 18.0. The molecule has 1 fully saturated rings. The predicted octanol–water partition coefficient (Wildman–Crippen LogP) is 1.89. The van der Waals surface area contributed by atoms with Gasteiger partial charge in [-0.25, -0.2) is 8.42 Å². The molecule has 1 saturated heterocycles. The number of nitrogens with zero attached hydrogens (tertiary/aromatic N) is 2. The number of halogens is 1. The molecule has 0 atom stereocenters. The number of rotatable bonds is 4. The molecule has 6 nitrogen and oxygen atoms in total. The summed E-state index contributed by atoms with van der Waals surface area (Å²) in [5.74, 6) is 0.697. The van der Waals surface area contributed by atoms with Gasteiger partial charge in [0.25, 0.3) is 5.91 Å². The molecule has 3 rings (SSSR count). The average Bonchev–Trinajstić information content (AvgIpc) is 2.60. The third-order valence-electron chi connectivity index (χ3n) is 5.20. The normalized spacial score (nSPS) is 18.2. The van der Waals surface area contributed by atoms with Gasteiger partial charge in [0, 0.05) is 25.2 Å². The Balaban J connectivity index is 0.00000243. The number of hydrogen-bond acceptors (Lipinski definition) is 4. The van der Waals surface area contributed by atoms with E-state index in [9.17, 15) is 13.2 Å². The Morgan fingerprint density at radius 3 is 2.54 bits per heavy atom. The van der Waals surface area contributed by atoms with Crippen molar-refractivity contribution < 1.29 is 13.2 Å². The number of piperidine rings is 1. The minimum Gasteiger partial charge on any atom is -0.339 e. The van der Waals surface area contributed by atoms with Gasteiger partial charge in [-0.2, -0.15) is 0 Å². The lowest BCUT2D eigenvalue weighted by Crippen LogP contribution is -2.40. The molecule has 2 aliphatic rings. The summed E-state index contributed by atoms with van der Waals surface area (Å²) >= 11 is 0. The molecule has 2 heterocycles. The maximum Gasteiger partial charge on any atom is 0.253 e. The minimum atomic E-state index is -3.27. The highest BCUT2D eigenvalue weighted by Crippen LogP contribution is 2.30. The molecule has 0 spiro atoms. The van der Waals surface area contributed by atoms with Gasteiger partial charge in [0.2, 0.25) is 10.0 Å². The summed E-state index contributed by atoms with van der Waals surface area (Å²) in [5.41, 5.74) is 2.34. The number of fused-ring (bicyclic) bond motifs is 1. The standard InChI is InChI=1S/C18H27N3O3S.ClH/c1-19-13-14-7-10-20(11-8-14)18(22)16-5-6-17-15(12-16)4-3-9-21(17)25(2,23)24;/h5-6,12,14,19H,3-4,7-11,13H2,1-2H3;1H. The van der Waals surface area contributed by atoms with E-state index in [1.54, 1.807) is 12.1 Å². The molecule has 0 aromatic heterocycles. The Bertz CT molecular complexity index is 746. The van der Waals surface area contributed by atoms with Crippen LogP contribution in [0, 0.1) is 5.92 Å². The quantitative estimate of drug-likeness (QED) is 0.836. The van der Waals surface area contributed by atoms with Crippen molar-refractivity contribution in [3.8, 4) is 0 Å². The number of carbonyl (C=O) groups is 1. The van der Waals surface area contributed by atoms with Gasteiger partial charge in [0.1, 0.15) is 0 Å². The zero-order valence-electron chi connectivity index (χ0n) is 15.4. The number of likely N-dealkylation sites (tertiary alicyclic amines) is 1. The largest absolute Gasteiger partial charge is 0.339 e. The molecular weight excluding hydrogens is 374 g/mol. The van der Waals surface area contributed by atoms with E-state index in [4.69, 9.17) is 0 Å². The third-order valence-corrected chi connectivity index (χ3v) is 6.38. The van der Waals surface area contributed by atoms with Crippen molar-refractivity contribution in [3.05, 3.63) is 29.3 Å². The second kappa shape index (κ2) is 8.59. The number of sulfonamides is 1. The highest BCUT2D eigenvalue weighted by molar-refractivity contribution is 7.92. The first-order chi connectivity index (χ1) is 11.9. The van der Waals surface area contributed by atoms with Crippen LogP contribution < -0.4 is 9.62 Å². The van der Waals surface area contributed by atoms with Gasteiger partial charge in [0.15, 0.2) is 0 Å². The van der Waals surface area contributed by atoms with E-state index in [-0.39, 0.29) is 18.3 Å². The molecule has 0 saturated carbocycles. The van der Waals surface area contributed by atoms with Crippen LogP contribution in [0.3, 0.4) is 0 Å². The molecule has 8 heteroatoms. The van der Waals surface area contributed by atoms with Crippen LogP contribution in [-0.4, -0.2) is 58.7 Å². The van der Waals surface area contributed by atoms with E-state index in [2.05, 4.69) is 5.32 Å². The van der Waals surface area contributed by atoms with Crippen LogP contribution in [0.15, 0.2) is 18.2 Å². The lowest BCUT2D eigenvalue weighted by molar-refractivity contribution is 0.0691. The monoisotopic (exact) mass is 401 g/mol. The van der Waals surface area contributed by atoms with Crippen molar-refractivity contribution in [2.45, 2.75) is 25.7 Å². The third kappa shape index (κ3) is 4.50. The Kier molecular flexibility index (Phi) is 6.93. The minimum absolute atomic E-state index is 0. The predicted molar refractivity (Wildman–Crippen MR) is 107 cm³/mol. The molecule has 0 aliphatic carbocycles. The van der Waals surface area contributed by atoms with Crippen molar-refractivity contribution in [1.29, 1.82) is 0 Å². The first kappa shape index (κ1) is 21.0. The molecular formula is C18H28ClN3O3S. The Morgan fingerprint density at radius 1 is 1.23 bits per heavy atom. The molecule has 2 aliphatic heterocycles. The summed E-state index contributed by atoms with van der Waals surface area (Å²) in [7, 11) is -1.31. The summed E-state index contributed by atoms with van der Waals surface area (Å²) in [4.78, 5) is 14.7. The van der Waals surface area contributed by atoms with Gasteiger partial charge >= 0.3 is 0 Å². The first-order valence-corrected chi connectivity index (χ1v) is 10.8.